The Bertz CT molecular complexity index is 920. The smallest absolute Gasteiger partial charge is 0.328 e. The zero-order chi connectivity index (χ0) is 16.2. The van der Waals surface area contributed by atoms with Crippen LogP contribution in [0.2, 0.25) is 0 Å². The average Bonchev–Trinajstić information content (AvgIpc) is 3.19. The van der Waals surface area contributed by atoms with Crippen LogP contribution in [0.4, 0.5) is 0 Å². The largest absolute Gasteiger partial charge is 0.467 e. The lowest BCUT2D eigenvalue weighted by molar-refractivity contribution is -0.121. The number of nitrogens with zero attached hydrogens (tertiary/aromatic N) is 1. The molecule has 0 aromatic carbocycles. The summed E-state index contributed by atoms with van der Waals surface area (Å²) < 4.78 is 6.78. The lowest BCUT2D eigenvalue weighted by Gasteiger charge is -2.05. The molecule has 0 radical (unpaired) electrons. The molecule has 0 atom stereocenters. The summed E-state index contributed by atoms with van der Waals surface area (Å²) in [4.78, 5) is 38.5. The summed E-state index contributed by atoms with van der Waals surface area (Å²) in [6.45, 7) is 0.531. The Balaban J connectivity index is 1.57. The van der Waals surface area contributed by atoms with Gasteiger partial charge < -0.3 is 14.7 Å². The molecule has 3 rings (SSSR count). The summed E-state index contributed by atoms with van der Waals surface area (Å²) in [7, 11) is 0. The number of H-pyrrole nitrogens is 1. The second-order valence-electron chi connectivity index (χ2n) is 5.01. The van der Waals surface area contributed by atoms with Crippen molar-refractivity contribution in [1.29, 1.82) is 0 Å². The summed E-state index contributed by atoms with van der Waals surface area (Å²) in [6.07, 6.45) is 2.18. The van der Waals surface area contributed by atoms with Crippen LogP contribution in [0.3, 0.4) is 0 Å². The molecule has 0 saturated carbocycles. The lowest BCUT2D eigenvalue weighted by Crippen LogP contribution is -2.35. The highest BCUT2D eigenvalue weighted by atomic mass is 32.1. The Kier molecular flexibility index (Phi) is 4.42. The Labute approximate surface area is 134 Å². The van der Waals surface area contributed by atoms with E-state index in [-0.39, 0.29) is 24.4 Å². The summed E-state index contributed by atoms with van der Waals surface area (Å²) in [6, 6.07) is 5.23. The van der Waals surface area contributed by atoms with Gasteiger partial charge in [-0.25, -0.2) is 4.79 Å². The molecule has 0 unspecified atom stereocenters. The van der Waals surface area contributed by atoms with E-state index in [2.05, 4.69) is 10.3 Å². The molecule has 0 aliphatic heterocycles. The van der Waals surface area contributed by atoms with Crippen molar-refractivity contribution in [1.82, 2.24) is 14.9 Å². The van der Waals surface area contributed by atoms with E-state index in [1.807, 2.05) is 0 Å². The fraction of sp³-hybridized carbons (Fsp3) is 0.267. The van der Waals surface area contributed by atoms with E-state index >= 15 is 0 Å². The zero-order valence-electron chi connectivity index (χ0n) is 12.2. The Morgan fingerprint density at radius 3 is 3.00 bits per heavy atom. The highest BCUT2D eigenvalue weighted by Crippen LogP contribution is 2.12. The maximum absolute atomic E-state index is 12.2. The first-order chi connectivity index (χ1) is 11.1. The number of aromatic amines is 1. The van der Waals surface area contributed by atoms with Crippen LogP contribution in [0, 0.1) is 0 Å². The molecule has 3 heterocycles. The number of carbonyl (C=O) groups is 1. The monoisotopic (exact) mass is 333 g/mol. The predicted molar refractivity (Wildman–Crippen MR) is 86.5 cm³/mol. The first-order valence-electron chi connectivity index (χ1n) is 7.14. The van der Waals surface area contributed by atoms with Crippen LogP contribution in [0.1, 0.15) is 18.6 Å². The molecule has 0 fully saturated rings. The standard InChI is InChI=1S/C15H15N3O4S/c19-12(16-9-10-3-2-7-22-10)4-1-6-18-14(20)13-11(5-8-23-13)17-15(18)21/h2-3,5,7-8H,1,4,6,9H2,(H,16,19)(H,17,21). The van der Waals surface area contributed by atoms with Gasteiger partial charge in [-0.05, 0) is 30.0 Å². The molecule has 0 aliphatic rings. The minimum atomic E-state index is -0.447. The fourth-order valence-corrected chi connectivity index (χ4v) is 3.06. The van der Waals surface area contributed by atoms with Crippen molar-refractivity contribution in [2.24, 2.45) is 0 Å². The van der Waals surface area contributed by atoms with Crippen LogP contribution in [-0.2, 0) is 17.9 Å². The molecule has 120 valence electrons. The lowest BCUT2D eigenvalue weighted by atomic mass is 10.3. The zero-order valence-corrected chi connectivity index (χ0v) is 13.0. The first-order valence-corrected chi connectivity index (χ1v) is 8.02. The van der Waals surface area contributed by atoms with Crippen LogP contribution in [0.5, 0.6) is 0 Å². The van der Waals surface area contributed by atoms with Gasteiger partial charge in [-0.15, -0.1) is 11.3 Å². The van der Waals surface area contributed by atoms with Crippen molar-refractivity contribution < 1.29 is 9.21 Å². The number of thiophene rings is 1. The van der Waals surface area contributed by atoms with Gasteiger partial charge in [0.2, 0.25) is 5.91 Å². The van der Waals surface area contributed by atoms with Crippen molar-refractivity contribution in [2.75, 3.05) is 0 Å². The predicted octanol–water partition coefficient (Wildman–Crippen LogP) is 1.44. The topological polar surface area (TPSA) is 97.1 Å². The van der Waals surface area contributed by atoms with E-state index in [1.165, 1.54) is 11.3 Å². The SMILES string of the molecule is O=C(CCCn1c(=O)[nH]c2ccsc2c1=O)NCc1ccco1. The third kappa shape index (κ3) is 3.42. The number of fused-ring (bicyclic) bond motifs is 1. The number of hydrogen-bond acceptors (Lipinski definition) is 5. The van der Waals surface area contributed by atoms with Gasteiger partial charge in [0.1, 0.15) is 10.5 Å². The molecular weight excluding hydrogens is 318 g/mol. The van der Waals surface area contributed by atoms with Crippen molar-refractivity contribution in [3.8, 4) is 0 Å². The normalized spacial score (nSPS) is 11.0. The number of furan rings is 1. The molecule has 8 heteroatoms. The molecule has 3 aromatic rings. The van der Waals surface area contributed by atoms with Gasteiger partial charge >= 0.3 is 5.69 Å². The van der Waals surface area contributed by atoms with E-state index < -0.39 is 5.69 Å². The third-order valence-corrected chi connectivity index (χ3v) is 4.32. The minimum Gasteiger partial charge on any atom is -0.467 e. The Morgan fingerprint density at radius 1 is 1.35 bits per heavy atom. The van der Waals surface area contributed by atoms with Crippen LogP contribution < -0.4 is 16.6 Å². The number of carbonyl (C=O) groups excluding carboxylic acids is 1. The summed E-state index contributed by atoms with van der Waals surface area (Å²) in [5, 5.41) is 4.48. The van der Waals surface area contributed by atoms with Crippen LogP contribution in [-0.4, -0.2) is 15.5 Å². The quantitative estimate of drug-likeness (QED) is 0.713. The number of rotatable bonds is 6. The van der Waals surface area contributed by atoms with Gasteiger partial charge in [0.15, 0.2) is 0 Å². The minimum absolute atomic E-state index is 0.150. The Morgan fingerprint density at radius 2 is 2.22 bits per heavy atom. The number of amides is 1. The van der Waals surface area contributed by atoms with Crippen LogP contribution in [0.15, 0.2) is 43.8 Å². The van der Waals surface area contributed by atoms with Gasteiger partial charge in [-0.1, -0.05) is 0 Å². The number of hydrogen-bond donors (Lipinski definition) is 2. The second kappa shape index (κ2) is 6.66. The molecule has 0 aliphatic carbocycles. The average molecular weight is 333 g/mol. The maximum atomic E-state index is 12.2. The number of aromatic nitrogens is 2. The third-order valence-electron chi connectivity index (χ3n) is 3.42. The van der Waals surface area contributed by atoms with Crippen molar-refractivity contribution in [3.05, 3.63) is 56.4 Å². The Hall–Kier alpha value is -2.61. The highest BCUT2D eigenvalue weighted by molar-refractivity contribution is 7.17. The highest BCUT2D eigenvalue weighted by Gasteiger charge is 2.09. The summed E-state index contributed by atoms with van der Waals surface area (Å²) >= 11 is 1.29. The number of nitrogens with one attached hydrogen (secondary N) is 2. The van der Waals surface area contributed by atoms with E-state index in [1.54, 1.807) is 29.8 Å². The molecule has 3 aromatic heterocycles. The molecule has 2 N–H and O–H groups in total. The fourth-order valence-electron chi connectivity index (χ4n) is 2.26. The van der Waals surface area contributed by atoms with Crippen LogP contribution in [0.25, 0.3) is 10.2 Å². The summed E-state index contributed by atoms with van der Waals surface area (Å²) in [5.41, 5.74) is -0.205. The van der Waals surface area contributed by atoms with Gasteiger partial charge in [0, 0.05) is 13.0 Å². The molecule has 7 nitrogen and oxygen atoms in total. The van der Waals surface area contributed by atoms with Gasteiger partial charge in [0.25, 0.3) is 5.56 Å². The molecule has 23 heavy (non-hydrogen) atoms. The van der Waals surface area contributed by atoms with Gasteiger partial charge in [0.05, 0.1) is 18.3 Å². The van der Waals surface area contributed by atoms with Gasteiger partial charge in [-0.3, -0.25) is 14.2 Å². The molecule has 0 spiro atoms. The maximum Gasteiger partial charge on any atom is 0.328 e. The van der Waals surface area contributed by atoms with Crippen molar-refractivity contribution >= 4 is 27.5 Å². The summed E-state index contributed by atoms with van der Waals surface area (Å²) in [5.74, 6) is 0.525. The van der Waals surface area contributed by atoms with E-state index in [0.29, 0.717) is 28.9 Å². The van der Waals surface area contributed by atoms with E-state index in [9.17, 15) is 14.4 Å². The molecule has 0 bridgehead atoms. The van der Waals surface area contributed by atoms with Crippen LogP contribution >= 0.6 is 11.3 Å². The molecular formula is C15H15N3O4S. The van der Waals surface area contributed by atoms with E-state index in [4.69, 9.17) is 4.42 Å². The molecule has 0 saturated heterocycles. The first kappa shape index (κ1) is 15.3. The van der Waals surface area contributed by atoms with Crippen molar-refractivity contribution in [2.45, 2.75) is 25.9 Å². The van der Waals surface area contributed by atoms with Gasteiger partial charge in [-0.2, -0.15) is 0 Å². The van der Waals surface area contributed by atoms with E-state index in [0.717, 1.165) is 4.57 Å². The molecule has 1 amide bonds. The second-order valence-corrected chi connectivity index (χ2v) is 5.93. The van der Waals surface area contributed by atoms with Crippen molar-refractivity contribution in [3.63, 3.8) is 0 Å².